The first-order valence-electron chi connectivity index (χ1n) is 7.55. The van der Waals surface area contributed by atoms with Crippen LogP contribution in [0.2, 0.25) is 5.02 Å². The highest BCUT2D eigenvalue weighted by molar-refractivity contribution is 6.31. The molecule has 106 valence electrons. The number of hydrogen-bond acceptors (Lipinski definition) is 1. The Morgan fingerprint density at radius 2 is 1.95 bits per heavy atom. The van der Waals surface area contributed by atoms with Gasteiger partial charge in [-0.1, -0.05) is 43.6 Å². The Morgan fingerprint density at radius 1 is 1.21 bits per heavy atom. The predicted octanol–water partition coefficient (Wildman–Crippen LogP) is 4.69. The molecule has 0 bridgehead atoms. The van der Waals surface area contributed by atoms with Crippen molar-refractivity contribution in [2.45, 2.75) is 58.5 Å². The SMILES string of the molecule is CC(Cc1ccccc1Cl)NC1CCC(C)C(C)C1. The van der Waals surface area contributed by atoms with E-state index in [0.717, 1.165) is 23.3 Å². The maximum absolute atomic E-state index is 6.23. The molecule has 1 N–H and O–H groups in total. The minimum atomic E-state index is 0.491. The Balaban J connectivity index is 1.85. The Labute approximate surface area is 122 Å². The molecular weight excluding hydrogens is 254 g/mol. The molecule has 4 unspecified atom stereocenters. The second kappa shape index (κ2) is 6.76. The third-order valence-electron chi connectivity index (χ3n) is 4.60. The van der Waals surface area contributed by atoms with E-state index >= 15 is 0 Å². The Hall–Kier alpha value is -0.530. The van der Waals surface area contributed by atoms with Crippen LogP contribution in [-0.2, 0) is 6.42 Å². The van der Waals surface area contributed by atoms with Crippen molar-refractivity contribution in [3.8, 4) is 0 Å². The van der Waals surface area contributed by atoms with Gasteiger partial charge in [0.15, 0.2) is 0 Å². The zero-order chi connectivity index (χ0) is 13.8. The van der Waals surface area contributed by atoms with Gasteiger partial charge >= 0.3 is 0 Å². The summed E-state index contributed by atoms with van der Waals surface area (Å²) in [5, 5.41) is 4.68. The quantitative estimate of drug-likeness (QED) is 0.843. The molecule has 0 amide bonds. The van der Waals surface area contributed by atoms with E-state index < -0.39 is 0 Å². The molecule has 0 spiro atoms. The van der Waals surface area contributed by atoms with E-state index in [1.54, 1.807) is 0 Å². The lowest BCUT2D eigenvalue weighted by Crippen LogP contribution is -2.41. The molecular formula is C17H26ClN. The van der Waals surface area contributed by atoms with Gasteiger partial charge in [-0.25, -0.2) is 0 Å². The number of rotatable bonds is 4. The summed E-state index contributed by atoms with van der Waals surface area (Å²) in [5.41, 5.74) is 1.25. The summed E-state index contributed by atoms with van der Waals surface area (Å²) < 4.78 is 0. The fourth-order valence-corrected chi connectivity index (χ4v) is 3.37. The molecule has 0 saturated heterocycles. The second-order valence-electron chi connectivity index (χ2n) is 6.33. The smallest absolute Gasteiger partial charge is 0.0438 e. The van der Waals surface area contributed by atoms with E-state index in [2.05, 4.69) is 38.2 Å². The number of halogens is 1. The lowest BCUT2D eigenvalue weighted by Gasteiger charge is -2.34. The van der Waals surface area contributed by atoms with Crippen molar-refractivity contribution in [3.05, 3.63) is 34.9 Å². The van der Waals surface area contributed by atoms with E-state index in [1.165, 1.54) is 24.8 Å². The van der Waals surface area contributed by atoms with Crippen LogP contribution in [0, 0.1) is 11.8 Å². The molecule has 0 aromatic heterocycles. The topological polar surface area (TPSA) is 12.0 Å². The summed E-state index contributed by atoms with van der Waals surface area (Å²) in [6.45, 7) is 7.04. The zero-order valence-corrected chi connectivity index (χ0v) is 13.1. The van der Waals surface area contributed by atoms with Crippen molar-refractivity contribution in [1.29, 1.82) is 0 Å². The lowest BCUT2D eigenvalue weighted by atomic mass is 9.79. The van der Waals surface area contributed by atoms with Crippen LogP contribution in [0.5, 0.6) is 0 Å². The highest BCUT2D eigenvalue weighted by Crippen LogP contribution is 2.29. The molecule has 1 fully saturated rings. The molecule has 1 aromatic rings. The average molecular weight is 280 g/mol. The molecule has 4 atom stereocenters. The van der Waals surface area contributed by atoms with Gasteiger partial charge in [0.2, 0.25) is 0 Å². The molecule has 1 saturated carbocycles. The van der Waals surface area contributed by atoms with Crippen molar-refractivity contribution in [1.82, 2.24) is 5.32 Å². The molecule has 1 nitrogen and oxygen atoms in total. The predicted molar refractivity (Wildman–Crippen MR) is 83.7 cm³/mol. The fraction of sp³-hybridized carbons (Fsp3) is 0.647. The molecule has 19 heavy (non-hydrogen) atoms. The van der Waals surface area contributed by atoms with Crippen LogP contribution >= 0.6 is 11.6 Å². The summed E-state index contributed by atoms with van der Waals surface area (Å²) in [4.78, 5) is 0. The van der Waals surface area contributed by atoms with E-state index in [-0.39, 0.29) is 0 Å². The largest absolute Gasteiger partial charge is 0.311 e. The van der Waals surface area contributed by atoms with E-state index in [0.29, 0.717) is 12.1 Å². The van der Waals surface area contributed by atoms with Crippen molar-refractivity contribution < 1.29 is 0 Å². The van der Waals surface area contributed by atoms with Crippen LogP contribution in [0.1, 0.15) is 45.6 Å². The Kier molecular flexibility index (Phi) is 5.29. The molecule has 0 heterocycles. The van der Waals surface area contributed by atoms with Crippen molar-refractivity contribution in [2.75, 3.05) is 0 Å². The van der Waals surface area contributed by atoms with Crippen LogP contribution in [0.25, 0.3) is 0 Å². The summed E-state index contributed by atoms with van der Waals surface area (Å²) in [6.07, 6.45) is 5.00. The van der Waals surface area contributed by atoms with Crippen LogP contribution in [-0.4, -0.2) is 12.1 Å². The fourth-order valence-electron chi connectivity index (χ4n) is 3.15. The van der Waals surface area contributed by atoms with Crippen LogP contribution in [0.3, 0.4) is 0 Å². The van der Waals surface area contributed by atoms with Gasteiger partial charge in [-0.3, -0.25) is 0 Å². The monoisotopic (exact) mass is 279 g/mol. The molecule has 1 aliphatic carbocycles. The second-order valence-corrected chi connectivity index (χ2v) is 6.73. The third kappa shape index (κ3) is 4.22. The van der Waals surface area contributed by atoms with Gasteiger partial charge in [-0.15, -0.1) is 0 Å². The van der Waals surface area contributed by atoms with Crippen molar-refractivity contribution >= 4 is 11.6 Å². The van der Waals surface area contributed by atoms with Gasteiger partial charge in [0.1, 0.15) is 0 Å². The van der Waals surface area contributed by atoms with E-state index in [4.69, 9.17) is 11.6 Å². The maximum Gasteiger partial charge on any atom is 0.0438 e. The molecule has 1 aromatic carbocycles. The Morgan fingerprint density at radius 3 is 2.63 bits per heavy atom. The van der Waals surface area contributed by atoms with Gasteiger partial charge in [-0.05, 0) is 56.1 Å². The summed E-state index contributed by atoms with van der Waals surface area (Å²) in [7, 11) is 0. The number of hydrogen-bond donors (Lipinski definition) is 1. The molecule has 2 heteroatoms. The van der Waals surface area contributed by atoms with Gasteiger partial charge in [0.05, 0.1) is 0 Å². The Bertz CT molecular complexity index is 404. The molecule has 0 aliphatic heterocycles. The van der Waals surface area contributed by atoms with Gasteiger partial charge in [0, 0.05) is 17.1 Å². The van der Waals surface area contributed by atoms with Crippen LogP contribution in [0.4, 0.5) is 0 Å². The molecule has 0 radical (unpaired) electrons. The first kappa shape index (κ1) is 14.9. The number of nitrogens with one attached hydrogen (secondary N) is 1. The summed E-state index contributed by atoms with van der Waals surface area (Å²) in [5.74, 6) is 1.73. The van der Waals surface area contributed by atoms with Crippen molar-refractivity contribution in [2.24, 2.45) is 11.8 Å². The normalized spacial score (nSPS) is 29.2. The zero-order valence-electron chi connectivity index (χ0n) is 12.3. The first-order valence-corrected chi connectivity index (χ1v) is 7.93. The molecule has 2 rings (SSSR count). The maximum atomic E-state index is 6.23. The highest BCUT2D eigenvalue weighted by atomic mass is 35.5. The van der Waals surface area contributed by atoms with Gasteiger partial charge in [0.25, 0.3) is 0 Å². The summed E-state index contributed by atoms with van der Waals surface area (Å²) in [6, 6.07) is 9.35. The minimum Gasteiger partial charge on any atom is -0.311 e. The lowest BCUT2D eigenvalue weighted by molar-refractivity contribution is 0.217. The third-order valence-corrected chi connectivity index (χ3v) is 4.97. The summed E-state index contributed by atoms with van der Waals surface area (Å²) >= 11 is 6.23. The van der Waals surface area contributed by atoms with Crippen molar-refractivity contribution in [3.63, 3.8) is 0 Å². The number of benzene rings is 1. The first-order chi connectivity index (χ1) is 9.06. The average Bonchev–Trinajstić information content (AvgIpc) is 2.37. The standard InChI is InChI=1S/C17H26ClN/c1-12-8-9-16(10-13(12)2)19-14(3)11-15-6-4-5-7-17(15)18/h4-7,12-14,16,19H,8-11H2,1-3H3. The molecule has 1 aliphatic rings. The van der Waals surface area contributed by atoms with Gasteiger partial charge < -0.3 is 5.32 Å². The van der Waals surface area contributed by atoms with Crippen LogP contribution in [0.15, 0.2) is 24.3 Å². The van der Waals surface area contributed by atoms with E-state index in [9.17, 15) is 0 Å². The van der Waals surface area contributed by atoms with Gasteiger partial charge in [-0.2, -0.15) is 0 Å². The van der Waals surface area contributed by atoms with Crippen LogP contribution < -0.4 is 5.32 Å². The highest BCUT2D eigenvalue weighted by Gasteiger charge is 2.25. The van der Waals surface area contributed by atoms with E-state index in [1.807, 2.05) is 12.1 Å². The minimum absolute atomic E-state index is 0.491.